The first-order chi connectivity index (χ1) is 4.81. The molecule has 1 rings (SSSR count). The Hall–Kier alpha value is -0.790. The number of hydrogen-bond donors (Lipinski definition) is 1. The van der Waals surface area contributed by atoms with Gasteiger partial charge in [-0.3, -0.25) is 4.98 Å². The third kappa shape index (κ3) is 5.35. The molecule has 0 aliphatic carbocycles. The minimum atomic E-state index is -1.17. The second-order valence-corrected chi connectivity index (χ2v) is 1.74. The first kappa shape index (κ1) is 9.21. The van der Waals surface area contributed by atoms with E-state index in [0.717, 1.165) is 5.69 Å². The van der Waals surface area contributed by atoms with E-state index in [0.29, 0.717) is 0 Å². The van der Waals surface area contributed by atoms with Gasteiger partial charge in [0, 0.05) is 11.9 Å². The molecule has 0 saturated carbocycles. The molecule has 0 aliphatic heterocycles. The summed E-state index contributed by atoms with van der Waals surface area (Å²) in [6.45, 7) is 1.97. The summed E-state index contributed by atoms with van der Waals surface area (Å²) in [6.07, 6.45) is 1.79. The van der Waals surface area contributed by atoms with Gasteiger partial charge in [0.05, 0.1) is 0 Å². The molecule has 4 heteroatoms. The molecule has 54 valence electrons. The number of aryl methyl sites for hydroxylation is 1. The van der Waals surface area contributed by atoms with Gasteiger partial charge in [-0.15, -0.1) is 0 Å². The number of rotatable bonds is 0. The Kier molecular flexibility index (Phi) is 5.83. The molecule has 0 aliphatic rings. The molecule has 1 aromatic rings. The van der Waals surface area contributed by atoms with Crippen LogP contribution in [0, 0.1) is 6.92 Å². The lowest BCUT2D eigenvalue weighted by Gasteiger charge is -1.82. The highest BCUT2D eigenvalue weighted by molar-refractivity contribution is 7.16. The van der Waals surface area contributed by atoms with Crippen molar-refractivity contribution in [2.24, 2.45) is 0 Å². The van der Waals surface area contributed by atoms with Crippen molar-refractivity contribution in [3.63, 3.8) is 0 Å². The highest BCUT2D eigenvalue weighted by atomic mass is 31.1. The zero-order valence-electron chi connectivity index (χ0n) is 5.61. The monoisotopic (exact) mass is 158 g/mol. The number of nitrogens with zero attached hydrogens (tertiary/aromatic N) is 1. The fourth-order valence-electron chi connectivity index (χ4n) is 0.448. The minimum Gasteiger partial charge on any atom is -0.262 e. The molecule has 0 saturated heterocycles. The Balaban J connectivity index is 0.000000236. The van der Waals surface area contributed by atoms with E-state index in [1.807, 2.05) is 25.1 Å². The van der Waals surface area contributed by atoms with E-state index >= 15 is 0 Å². The highest BCUT2D eigenvalue weighted by Gasteiger charge is 1.73. The van der Waals surface area contributed by atoms with Gasteiger partial charge in [-0.2, -0.15) is 4.89 Å². The van der Waals surface area contributed by atoms with Crippen molar-refractivity contribution in [1.29, 1.82) is 0 Å². The standard InChI is InChI=1S/C6H7N.HO2P/c1-6-4-2-3-5-7-6;1-3-2/h2-5H,1H3;3H/p+1. The predicted molar refractivity (Wildman–Crippen MR) is 40.2 cm³/mol. The quantitative estimate of drug-likeness (QED) is 0.579. The molecule has 10 heavy (non-hydrogen) atoms. The smallest absolute Gasteiger partial charge is 0.262 e. The topological polar surface area (TPSA) is 50.2 Å². The van der Waals surface area contributed by atoms with E-state index in [1.165, 1.54) is 0 Å². The van der Waals surface area contributed by atoms with Gasteiger partial charge in [-0.05, 0) is 23.6 Å². The molecule has 1 aromatic heterocycles. The molecule has 0 amide bonds. The Bertz CT molecular complexity index is 178. The summed E-state index contributed by atoms with van der Waals surface area (Å²) in [7, 11) is -1.17. The largest absolute Gasteiger partial charge is 0.491 e. The molecule has 0 radical (unpaired) electrons. The SMILES string of the molecule is Cc1ccccn1.O=[PH+]O. The lowest BCUT2D eigenvalue weighted by Crippen LogP contribution is -1.72. The molecular formula is C6H9NO2P+. The van der Waals surface area contributed by atoms with Crippen LogP contribution in [-0.2, 0) is 4.57 Å². The summed E-state index contributed by atoms with van der Waals surface area (Å²) in [5.41, 5.74) is 1.07. The van der Waals surface area contributed by atoms with Crippen molar-refractivity contribution in [1.82, 2.24) is 4.98 Å². The lowest BCUT2D eigenvalue weighted by atomic mass is 10.4. The van der Waals surface area contributed by atoms with Gasteiger partial charge in [-0.25, -0.2) is 0 Å². The van der Waals surface area contributed by atoms with Gasteiger partial charge in [-0.1, -0.05) is 6.07 Å². The molecule has 3 nitrogen and oxygen atoms in total. The Morgan fingerprint density at radius 1 is 1.60 bits per heavy atom. The van der Waals surface area contributed by atoms with Crippen molar-refractivity contribution in [3.05, 3.63) is 30.1 Å². The van der Waals surface area contributed by atoms with Crippen molar-refractivity contribution < 1.29 is 9.46 Å². The lowest BCUT2D eigenvalue weighted by molar-refractivity contribution is 0.524. The highest BCUT2D eigenvalue weighted by Crippen LogP contribution is 1.85. The van der Waals surface area contributed by atoms with E-state index in [1.54, 1.807) is 6.20 Å². The normalized spacial score (nSPS) is 8.20. The Morgan fingerprint density at radius 3 is 2.40 bits per heavy atom. The Labute approximate surface area is 61.0 Å². The zero-order chi connectivity index (χ0) is 7.82. The summed E-state index contributed by atoms with van der Waals surface area (Å²) < 4.78 is 8.51. The van der Waals surface area contributed by atoms with E-state index < -0.39 is 8.69 Å². The molecule has 0 aromatic carbocycles. The molecule has 1 N–H and O–H groups in total. The van der Waals surface area contributed by atoms with Gasteiger partial charge in [0.15, 0.2) is 0 Å². The maximum Gasteiger partial charge on any atom is 0.491 e. The van der Waals surface area contributed by atoms with Gasteiger partial charge in [0.2, 0.25) is 0 Å². The van der Waals surface area contributed by atoms with Crippen LogP contribution in [0.15, 0.2) is 24.4 Å². The van der Waals surface area contributed by atoms with Gasteiger partial charge in [0.25, 0.3) is 0 Å². The number of hydrogen-bond acceptors (Lipinski definition) is 2. The molecule has 0 fully saturated rings. The molecule has 1 atom stereocenters. The fraction of sp³-hybridized carbons (Fsp3) is 0.167. The van der Waals surface area contributed by atoms with Gasteiger partial charge < -0.3 is 0 Å². The van der Waals surface area contributed by atoms with Crippen LogP contribution in [0.4, 0.5) is 0 Å². The van der Waals surface area contributed by atoms with Crippen LogP contribution in [0.5, 0.6) is 0 Å². The summed E-state index contributed by atoms with van der Waals surface area (Å²) in [4.78, 5) is 11.0. The third-order valence-electron chi connectivity index (χ3n) is 0.813. The first-order valence-electron chi connectivity index (χ1n) is 2.70. The summed E-state index contributed by atoms with van der Waals surface area (Å²) in [5.74, 6) is 0. The first-order valence-corrected chi connectivity index (χ1v) is 3.55. The molecule has 0 bridgehead atoms. The predicted octanol–water partition coefficient (Wildman–Crippen LogP) is 1.31. The zero-order valence-corrected chi connectivity index (χ0v) is 6.61. The van der Waals surface area contributed by atoms with Crippen LogP contribution in [0.1, 0.15) is 5.69 Å². The van der Waals surface area contributed by atoms with Gasteiger partial charge in [0.1, 0.15) is 0 Å². The van der Waals surface area contributed by atoms with E-state index in [-0.39, 0.29) is 0 Å². The summed E-state index contributed by atoms with van der Waals surface area (Å²) >= 11 is 0. The number of pyridine rings is 1. The van der Waals surface area contributed by atoms with E-state index in [9.17, 15) is 0 Å². The van der Waals surface area contributed by atoms with Crippen LogP contribution in [-0.4, -0.2) is 9.88 Å². The van der Waals surface area contributed by atoms with Crippen LogP contribution >= 0.6 is 8.69 Å². The molecule has 0 spiro atoms. The minimum absolute atomic E-state index is 1.07. The maximum absolute atomic E-state index is 8.51. The van der Waals surface area contributed by atoms with Crippen molar-refractivity contribution in [3.8, 4) is 0 Å². The van der Waals surface area contributed by atoms with Crippen LogP contribution in [0.3, 0.4) is 0 Å². The summed E-state index contributed by atoms with van der Waals surface area (Å²) in [6, 6.07) is 5.86. The number of aromatic nitrogens is 1. The Morgan fingerprint density at radius 2 is 2.20 bits per heavy atom. The van der Waals surface area contributed by atoms with Crippen molar-refractivity contribution in [2.75, 3.05) is 0 Å². The molecule has 1 heterocycles. The van der Waals surface area contributed by atoms with Crippen molar-refractivity contribution in [2.45, 2.75) is 6.92 Å². The second kappa shape index (κ2) is 6.33. The fourth-order valence-corrected chi connectivity index (χ4v) is 0.448. The third-order valence-corrected chi connectivity index (χ3v) is 0.813. The average molecular weight is 158 g/mol. The molecule has 1 unspecified atom stereocenters. The van der Waals surface area contributed by atoms with Crippen molar-refractivity contribution >= 4 is 8.69 Å². The second-order valence-electron chi connectivity index (χ2n) is 1.56. The van der Waals surface area contributed by atoms with E-state index in [2.05, 4.69) is 4.98 Å². The maximum atomic E-state index is 8.51. The molecular weight excluding hydrogens is 149 g/mol. The van der Waals surface area contributed by atoms with Crippen LogP contribution in [0.25, 0.3) is 0 Å². The van der Waals surface area contributed by atoms with Crippen LogP contribution < -0.4 is 0 Å². The average Bonchev–Trinajstić information content (AvgIpc) is 1.91. The summed E-state index contributed by atoms with van der Waals surface area (Å²) in [5, 5.41) is 0. The van der Waals surface area contributed by atoms with Crippen LogP contribution in [0.2, 0.25) is 0 Å². The van der Waals surface area contributed by atoms with Gasteiger partial charge >= 0.3 is 8.69 Å². The van der Waals surface area contributed by atoms with E-state index in [4.69, 9.17) is 9.46 Å².